The highest BCUT2D eigenvalue weighted by Crippen LogP contribution is 2.41. The van der Waals surface area contributed by atoms with Crippen LogP contribution in [0.3, 0.4) is 0 Å². The number of benzene rings is 3. The van der Waals surface area contributed by atoms with Crippen LogP contribution in [-0.4, -0.2) is 24.0 Å². The Morgan fingerprint density at radius 2 is 1.53 bits per heavy atom. The van der Waals surface area contributed by atoms with Gasteiger partial charge in [0.2, 0.25) is 5.91 Å². The number of nitrogens with zero attached hydrogens (tertiary/aromatic N) is 2. The average Bonchev–Trinajstić information content (AvgIpc) is 3.30. The monoisotopic (exact) mass is 444 g/mol. The van der Waals surface area contributed by atoms with Crippen LogP contribution >= 0.6 is 11.6 Å². The molecule has 0 aromatic heterocycles. The molecular weight excluding hydrogens is 424 g/mol. The van der Waals surface area contributed by atoms with Crippen LogP contribution in [-0.2, 0) is 14.4 Å². The van der Waals surface area contributed by atoms with E-state index in [0.717, 1.165) is 16.8 Å². The fraction of sp³-hybridized carbons (Fsp3) is 0.154. The summed E-state index contributed by atoms with van der Waals surface area (Å²) in [5.74, 6) is -1.24. The number of hydrogen-bond donors (Lipinski definition) is 0. The number of para-hydroxylation sites is 1. The summed E-state index contributed by atoms with van der Waals surface area (Å²) >= 11 is 5.99. The van der Waals surface area contributed by atoms with Gasteiger partial charge in [0.25, 0.3) is 5.91 Å². The SMILES string of the molecule is Cc1ccc(N2C(=O)[C@@H]3[C@@H](ON(c4ccccc4)[C@H]3/C=C/c3ccc(Cl)cc3)C2=O)cc1. The predicted molar refractivity (Wildman–Crippen MR) is 125 cm³/mol. The highest BCUT2D eigenvalue weighted by molar-refractivity contribution is 6.30. The highest BCUT2D eigenvalue weighted by atomic mass is 35.5. The second-order valence-electron chi connectivity index (χ2n) is 7.96. The first-order valence-corrected chi connectivity index (χ1v) is 10.8. The second kappa shape index (κ2) is 8.26. The quantitative estimate of drug-likeness (QED) is 0.529. The molecular formula is C26H21ClN2O3. The van der Waals surface area contributed by atoms with E-state index in [-0.39, 0.29) is 11.8 Å². The zero-order valence-corrected chi connectivity index (χ0v) is 18.1. The lowest BCUT2D eigenvalue weighted by molar-refractivity contribution is -0.126. The van der Waals surface area contributed by atoms with Crippen molar-refractivity contribution in [3.8, 4) is 0 Å². The Kier molecular flexibility index (Phi) is 5.29. The average molecular weight is 445 g/mol. The number of anilines is 2. The smallest absolute Gasteiger partial charge is 0.266 e. The van der Waals surface area contributed by atoms with Crippen molar-refractivity contribution in [1.82, 2.24) is 0 Å². The van der Waals surface area contributed by atoms with Crippen LogP contribution in [0.1, 0.15) is 11.1 Å². The van der Waals surface area contributed by atoms with Gasteiger partial charge in [0.15, 0.2) is 6.10 Å². The maximum absolute atomic E-state index is 13.5. The van der Waals surface area contributed by atoms with Gasteiger partial charge in [-0.3, -0.25) is 14.4 Å². The lowest BCUT2D eigenvalue weighted by Gasteiger charge is -2.26. The van der Waals surface area contributed by atoms with Crippen molar-refractivity contribution in [2.24, 2.45) is 5.92 Å². The third-order valence-electron chi connectivity index (χ3n) is 5.82. The molecule has 3 aromatic carbocycles. The van der Waals surface area contributed by atoms with Gasteiger partial charge in [0, 0.05) is 5.02 Å². The molecule has 3 atom stereocenters. The predicted octanol–water partition coefficient (Wildman–Crippen LogP) is 5.04. The topological polar surface area (TPSA) is 49.9 Å². The second-order valence-corrected chi connectivity index (χ2v) is 8.40. The van der Waals surface area contributed by atoms with E-state index < -0.39 is 18.1 Å². The molecule has 0 aliphatic carbocycles. The van der Waals surface area contributed by atoms with E-state index in [1.165, 1.54) is 4.90 Å². The molecule has 2 aliphatic heterocycles. The molecule has 2 aliphatic rings. The largest absolute Gasteiger partial charge is 0.273 e. The lowest BCUT2D eigenvalue weighted by atomic mass is 9.95. The van der Waals surface area contributed by atoms with Crippen LogP contribution in [0, 0.1) is 12.8 Å². The van der Waals surface area contributed by atoms with Crippen molar-refractivity contribution in [2.45, 2.75) is 19.1 Å². The number of hydroxylamine groups is 1. The van der Waals surface area contributed by atoms with E-state index in [1.54, 1.807) is 17.2 Å². The third-order valence-corrected chi connectivity index (χ3v) is 6.07. The lowest BCUT2D eigenvalue weighted by Crippen LogP contribution is -2.39. The zero-order chi connectivity index (χ0) is 22.2. The molecule has 0 N–H and O–H groups in total. The molecule has 2 amide bonds. The molecule has 0 spiro atoms. The summed E-state index contributed by atoms with van der Waals surface area (Å²) in [5.41, 5.74) is 3.35. The van der Waals surface area contributed by atoms with Gasteiger partial charge in [0.1, 0.15) is 5.92 Å². The van der Waals surface area contributed by atoms with Crippen molar-refractivity contribution in [1.29, 1.82) is 0 Å². The standard InChI is InChI=1S/C26H21ClN2O3/c1-17-7-14-20(15-8-17)28-25(30)23-22(16-11-18-9-12-19(27)13-10-18)29(32-24(23)26(28)31)21-5-3-2-4-6-21/h2-16,22-24H,1H3/b16-11+/t22-,23-,24+/m0/s1. The number of halogens is 1. The van der Waals surface area contributed by atoms with E-state index in [0.29, 0.717) is 10.7 Å². The van der Waals surface area contributed by atoms with Gasteiger partial charge in [-0.2, -0.15) is 0 Å². The van der Waals surface area contributed by atoms with Gasteiger partial charge in [-0.15, -0.1) is 0 Å². The molecule has 2 heterocycles. The summed E-state index contributed by atoms with van der Waals surface area (Å²) in [6, 6.07) is 23.9. The molecule has 0 unspecified atom stereocenters. The van der Waals surface area contributed by atoms with Crippen molar-refractivity contribution in [2.75, 3.05) is 9.96 Å². The minimum Gasteiger partial charge on any atom is -0.273 e. The first-order chi connectivity index (χ1) is 15.5. The van der Waals surface area contributed by atoms with Crippen molar-refractivity contribution >= 4 is 40.9 Å². The molecule has 6 heteroatoms. The first kappa shape index (κ1) is 20.5. The summed E-state index contributed by atoms with van der Waals surface area (Å²) in [6.07, 6.45) is 2.98. The molecule has 0 radical (unpaired) electrons. The minimum atomic E-state index is -0.871. The van der Waals surface area contributed by atoms with Gasteiger partial charge in [-0.05, 0) is 48.9 Å². The van der Waals surface area contributed by atoms with Gasteiger partial charge in [-0.1, -0.05) is 71.8 Å². The fourth-order valence-corrected chi connectivity index (χ4v) is 4.31. The van der Waals surface area contributed by atoms with E-state index >= 15 is 0 Å². The summed E-state index contributed by atoms with van der Waals surface area (Å²) in [6.45, 7) is 1.96. The first-order valence-electron chi connectivity index (χ1n) is 10.4. The zero-order valence-electron chi connectivity index (χ0n) is 17.4. The Balaban J connectivity index is 1.51. The maximum atomic E-state index is 13.5. The molecule has 0 saturated carbocycles. The van der Waals surface area contributed by atoms with E-state index in [9.17, 15) is 9.59 Å². The number of rotatable bonds is 4. The Labute approximate surface area is 191 Å². The molecule has 0 bridgehead atoms. The highest BCUT2D eigenvalue weighted by Gasteiger charge is 2.59. The Hall–Kier alpha value is -3.41. The maximum Gasteiger partial charge on any atom is 0.266 e. The number of amides is 2. The summed E-state index contributed by atoms with van der Waals surface area (Å²) in [5, 5.41) is 2.33. The summed E-state index contributed by atoms with van der Waals surface area (Å²) in [7, 11) is 0. The Bertz CT molecular complexity index is 1180. The molecule has 5 nitrogen and oxygen atoms in total. The van der Waals surface area contributed by atoms with E-state index in [4.69, 9.17) is 16.4 Å². The number of aryl methyl sites for hydroxylation is 1. The van der Waals surface area contributed by atoms with Gasteiger partial charge >= 0.3 is 0 Å². The van der Waals surface area contributed by atoms with Crippen molar-refractivity contribution in [3.05, 3.63) is 101 Å². The normalized spacial score (nSPS) is 22.8. The van der Waals surface area contributed by atoms with E-state index in [2.05, 4.69) is 0 Å². The van der Waals surface area contributed by atoms with Gasteiger partial charge < -0.3 is 0 Å². The number of carbonyl (C=O) groups is 2. The molecule has 2 fully saturated rings. The fourth-order valence-electron chi connectivity index (χ4n) is 4.18. The molecule has 160 valence electrons. The number of imide groups is 1. The van der Waals surface area contributed by atoms with Crippen LogP contribution in [0.5, 0.6) is 0 Å². The number of carbonyl (C=O) groups excluding carboxylic acids is 2. The van der Waals surface area contributed by atoms with Crippen molar-refractivity contribution in [3.63, 3.8) is 0 Å². The van der Waals surface area contributed by atoms with Crippen LogP contribution in [0.15, 0.2) is 84.9 Å². The molecule has 32 heavy (non-hydrogen) atoms. The van der Waals surface area contributed by atoms with Crippen LogP contribution in [0.2, 0.25) is 5.02 Å². The van der Waals surface area contributed by atoms with Gasteiger partial charge in [0.05, 0.1) is 17.4 Å². The summed E-state index contributed by atoms with van der Waals surface area (Å²) < 4.78 is 0. The minimum absolute atomic E-state index is 0.256. The van der Waals surface area contributed by atoms with Crippen LogP contribution < -0.4 is 9.96 Å². The Morgan fingerprint density at radius 1 is 0.844 bits per heavy atom. The van der Waals surface area contributed by atoms with Crippen LogP contribution in [0.4, 0.5) is 11.4 Å². The Morgan fingerprint density at radius 3 is 2.22 bits per heavy atom. The molecule has 3 aromatic rings. The summed E-state index contributed by atoms with van der Waals surface area (Å²) in [4.78, 5) is 34.1. The number of fused-ring (bicyclic) bond motifs is 1. The molecule has 5 rings (SSSR count). The number of hydrogen-bond acceptors (Lipinski definition) is 4. The molecule has 2 saturated heterocycles. The third kappa shape index (κ3) is 3.60. The van der Waals surface area contributed by atoms with E-state index in [1.807, 2.05) is 85.8 Å². The van der Waals surface area contributed by atoms with Crippen LogP contribution in [0.25, 0.3) is 6.08 Å². The van der Waals surface area contributed by atoms with Gasteiger partial charge in [-0.25, -0.2) is 9.96 Å². The van der Waals surface area contributed by atoms with Crippen molar-refractivity contribution < 1.29 is 14.4 Å².